The van der Waals surface area contributed by atoms with Gasteiger partial charge in [0.15, 0.2) is 11.2 Å². The number of nitrogens with zero attached hydrogens (tertiary/aromatic N) is 5. The third-order valence-corrected chi connectivity index (χ3v) is 4.69. The smallest absolute Gasteiger partial charge is 0.300 e. The van der Waals surface area contributed by atoms with Crippen molar-refractivity contribution in [1.29, 1.82) is 0 Å². The third kappa shape index (κ3) is 3.05. The molecule has 1 N–H and O–H groups in total. The van der Waals surface area contributed by atoms with Gasteiger partial charge in [0.25, 0.3) is 6.01 Å². The normalized spacial score (nSPS) is 11.2. The van der Waals surface area contributed by atoms with E-state index in [4.69, 9.17) is 9.15 Å². The van der Waals surface area contributed by atoms with Crippen LogP contribution in [-0.4, -0.2) is 24.7 Å². The van der Waals surface area contributed by atoms with Gasteiger partial charge in [-0.2, -0.15) is 10.1 Å². The number of benzene rings is 2. The number of nitrogens with one attached hydrogen (secondary N) is 1. The molecule has 0 unspecified atom stereocenters. The van der Waals surface area contributed by atoms with E-state index in [2.05, 4.69) is 41.3 Å². The van der Waals surface area contributed by atoms with Crippen molar-refractivity contribution in [1.82, 2.24) is 24.7 Å². The Hall–Kier alpha value is -3.46. The molecule has 0 saturated heterocycles. The number of oxazole rings is 1. The number of ether oxygens (including phenoxy) is 1. The van der Waals surface area contributed by atoms with Crippen molar-refractivity contribution in [3.63, 3.8) is 0 Å². The second-order valence-electron chi connectivity index (χ2n) is 6.07. The molecule has 0 aliphatic rings. The Balaban J connectivity index is 1.44. The third-order valence-electron chi connectivity index (χ3n) is 4.16. The molecule has 138 valence electrons. The van der Waals surface area contributed by atoms with E-state index in [9.17, 15) is 0 Å². The molecule has 0 amide bonds. The van der Waals surface area contributed by atoms with E-state index in [-0.39, 0.29) is 0 Å². The maximum Gasteiger partial charge on any atom is 0.300 e. The van der Waals surface area contributed by atoms with Crippen molar-refractivity contribution in [3.8, 4) is 11.6 Å². The summed E-state index contributed by atoms with van der Waals surface area (Å²) in [7, 11) is 1.82. The van der Waals surface area contributed by atoms with Crippen molar-refractivity contribution in [2.75, 3.05) is 5.32 Å². The summed E-state index contributed by atoms with van der Waals surface area (Å²) in [4.78, 5) is 12.9. The van der Waals surface area contributed by atoms with E-state index < -0.39 is 0 Å². The monoisotopic (exact) mass is 436 g/mol. The van der Waals surface area contributed by atoms with Gasteiger partial charge in [-0.3, -0.25) is 4.68 Å². The fraction of sp³-hybridized carbons (Fsp3) is 0.0526. The Morgan fingerprint density at radius 3 is 2.82 bits per heavy atom. The summed E-state index contributed by atoms with van der Waals surface area (Å²) in [5.41, 5.74) is 2.91. The molecule has 0 atom stereocenters. The Morgan fingerprint density at radius 1 is 1.11 bits per heavy atom. The molecule has 3 aromatic heterocycles. The van der Waals surface area contributed by atoms with Crippen molar-refractivity contribution in [2.24, 2.45) is 7.05 Å². The molecule has 28 heavy (non-hydrogen) atoms. The van der Waals surface area contributed by atoms with Gasteiger partial charge in [-0.15, -0.1) is 0 Å². The quantitative estimate of drug-likeness (QED) is 0.432. The van der Waals surface area contributed by atoms with Crippen molar-refractivity contribution < 1.29 is 9.15 Å². The van der Waals surface area contributed by atoms with Crippen LogP contribution in [0.25, 0.3) is 22.1 Å². The van der Waals surface area contributed by atoms with E-state index in [1.807, 2.05) is 37.4 Å². The number of fused-ring (bicyclic) bond motifs is 2. The molecule has 0 aliphatic carbocycles. The zero-order valence-electron chi connectivity index (χ0n) is 14.6. The molecular formula is C19H13BrN6O2. The van der Waals surface area contributed by atoms with E-state index in [1.54, 1.807) is 23.0 Å². The lowest BCUT2D eigenvalue weighted by atomic mass is 10.3. The van der Waals surface area contributed by atoms with Crippen molar-refractivity contribution in [2.45, 2.75) is 0 Å². The van der Waals surface area contributed by atoms with Gasteiger partial charge >= 0.3 is 0 Å². The summed E-state index contributed by atoms with van der Waals surface area (Å²) >= 11 is 3.42. The largest absolute Gasteiger partial charge is 0.438 e. The molecular weight excluding hydrogens is 424 g/mol. The lowest BCUT2D eigenvalue weighted by Gasteiger charge is -2.04. The van der Waals surface area contributed by atoms with Crippen molar-refractivity contribution >= 4 is 49.8 Å². The van der Waals surface area contributed by atoms with Crippen LogP contribution in [0.15, 0.2) is 63.9 Å². The maximum atomic E-state index is 5.94. The van der Waals surface area contributed by atoms with Gasteiger partial charge in [0.2, 0.25) is 5.88 Å². The minimum atomic E-state index is 0.408. The van der Waals surface area contributed by atoms with Gasteiger partial charge < -0.3 is 14.5 Å². The molecule has 0 spiro atoms. The van der Waals surface area contributed by atoms with Gasteiger partial charge in [0.1, 0.15) is 23.0 Å². The lowest BCUT2D eigenvalue weighted by molar-refractivity contribution is 0.468. The second kappa shape index (κ2) is 6.61. The SMILES string of the molecule is Cn1ncc2c(Oc3ccc4oc(Nc5ccc(Br)cc5)nc4c3)ncnc21. The number of hydrogen-bond acceptors (Lipinski definition) is 7. The number of hydrogen-bond donors (Lipinski definition) is 1. The second-order valence-corrected chi connectivity index (χ2v) is 6.98. The Labute approximate surface area is 167 Å². The van der Waals surface area contributed by atoms with Crippen LogP contribution in [0.3, 0.4) is 0 Å². The zero-order valence-corrected chi connectivity index (χ0v) is 16.2. The summed E-state index contributed by atoms with van der Waals surface area (Å²) in [5.74, 6) is 1.04. The maximum absolute atomic E-state index is 5.94. The number of rotatable bonds is 4. The van der Waals surface area contributed by atoms with Crippen LogP contribution in [0, 0.1) is 0 Å². The number of aromatic nitrogens is 5. The summed E-state index contributed by atoms with van der Waals surface area (Å²) in [6.45, 7) is 0. The summed E-state index contributed by atoms with van der Waals surface area (Å²) < 4.78 is 14.4. The first-order chi connectivity index (χ1) is 13.7. The van der Waals surface area contributed by atoms with Crippen LogP contribution >= 0.6 is 15.9 Å². The summed E-state index contributed by atoms with van der Waals surface area (Å²) in [5, 5.41) is 8.08. The highest BCUT2D eigenvalue weighted by Gasteiger charge is 2.12. The molecule has 2 aromatic carbocycles. The van der Waals surface area contributed by atoms with E-state index >= 15 is 0 Å². The number of anilines is 2. The molecule has 3 heterocycles. The molecule has 8 nitrogen and oxygen atoms in total. The first-order valence-electron chi connectivity index (χ1n) is 8.39. The molecule has 0 bridgehead atoms. The van der Waals surface area contributed by atoms with Gasteiger partial charge in [-0.05, 0) is 36.4 Å². The van der Waals surface area contributed by atoms with Crippen molar-refractivity contribution in [3.05, 3.63) is 59.5 Å². The lowest BCUT2D eigenvalue weighted by Crippen LogP contribution is -1.94. The molecule has 0 fully saturated rings. The number of aryl methyl sites for hydroxylation is 1. The molecule has 0 radical (unpaired) electrons. The highest BCUT2D eigenvalue weighted by atomic mass is 79.9. The first kappa shape index (κ1) is 16.7. The van der Waals surface area contributed by atoms with Crippen LogP contribution in [0.1, 0.15) is 0 Å². The van der Waals surface area contributed by atoms with E-state index in [0.717, 1.165) is 15.5 Å². The van der Waals surface area contributed by atoms with Gasteiger partial charge in [-0.1, -0.05) is 15.9 Å². The van der Waals surface area contributed by atoms with Crippen LogP contribution in [-0.2, 0) is 7.05 Å². The van der Waals surface area contributed by atoms with Crippen LogP contribution in [0.2, 0.25) is 0 Å². The first-order valence-corrected chi connectivity index (χ1v) is 9.19. The summed E-state index contributed by atoms with van der Waals surface area (Å²) in [6, 6.07) is 13.6. The molecule has 5 aromatic rings. The highest BCUT2D eigenvalue weighted by molar-refractivity contribution is 9.10. The summed E-state index contributed by atoms with van der Waals surface area (Å²) in [6.07, 6.45) is 3.13. The minimum Gasteiger partial charge on any atom is -0.438 e. The fourth-order valence-corrected chi connectivity index (χ4v) is 3.08. The molecule has 9 heteroatoms. The minimum absolute atomic E-state index is 0.408. The van der Waals surface area contributed by atoms with Gasteiger partial charge in [-0.25, -0.2) is 9.97 Å². The van der Waals surface area contributed by atoms with E-state index in [1.165, 1.54) is 6.33 Å². The Kier molecular flexibility index (Phi) is 3.94. The molecule has 5 rings (SSSR count). The Bertz CT molecular complexity index is 1300. The van der Waals surface area contributed by atoms with Gasteiger partial charge in [0.05, 0.1) is 6.20 Å². The topological polar surface area (TPSA) is 90.9 Å². The predicted octanol–water partition coefficient (Wildman–Crippen LogP) is 4.80. The molecule has 0 saturated carbocycles. The van der Waals surface area contributed by atoms with E-state index in [0.29, 0.717) is 34.4 Å². The number of halogens is 1. The van der Waals surface area contributed by atoms with Crippen LogP contribution in [0.5, 0.6) is 11.6 Å². The average molecular weight is 437 g/mol. The highest BCUT2D eigenvalue weighted by Crippen LogP contribution is 2.30. The van der Waals surface area contributed by atoms with Gasteiger partial charge in [0, 0.05) is 23.3 Å². The Morgan fingerprint density at radius 2 is 1.96 bits per heavy atom. The van der Waals surface area contributed by atoms with Crippen LogP contribution < -0.4 is 10.1 Å². The fourth-order valence-electron chi connectivity index (χ4n) is 2.81. The molecule has 0 aliphatic heterocycles. The van der Waals surface area contributed by atoms with Crippen LogP contribution in [0.4, 0.5) is 11.7 Å². The predicted molar refractivity (Wildman–Crippen MR) is 108 cm³/mol. The standard InChI is InChI=1S/C19H13BrN6O2/c1-26-17-14(9-23-26)18(22-10-21-17)27-13-6-7-16-15(8-13)25-19(28-16)24-12-4-2-11(20)3-5-12/h2-10H,1H3,(H,24,25). The zero-order chi connectivity index (χ0) is 19.1. The average Bonchev–Trinajstić information content (AvgIpc) is 3.27.